The predicted molar refractivity (Wildman–Crippen MR) is 101 cm³/mol. The molecule has 4 rings (SSSR count). The summed E-state index contributed by atoms with van der Waals surface area (Å²) >= 11 is 0. The van der Waals surface area contributed by atoms with E-state index in [1.165, 1.54) is 0 Å². The fourth-order valence-corrected chi connectivity index (χ4v) is 3.61. The number of amides is 1. The van der Waals surface area contributed by atoms with Gasteiger partial charge in [0.2, 0.25) is 11.9 Å². The van der Waals surface area contributed by atoms with E-state index < -0.39 is 23.4 Å². The third-order valence-electron chi connectivity index (χ3n) is 5.26. The maximum absolute atomic E-state index is 13.0. The van der Waals surface area contributed by atoms with Crippen LogP contribution in [0.1, 0.15) is 6.42 Å². The van der Waals surface area contributed by atoms with Crippen LogP contribution in [0.4, 0.5) is 23.5 Å². The smallest absolute Gasteiger partial charge is 0.490 e. The van der Waals surface area contributed by atoms with Gasteiger partial charge in [-0.2, -0.15) is 13.2 Å². The number of pyridine rings is 1. The standard InChI is InChI=1S/C17H18FN5O2.C2HF3O2/c18-13-7-21-16(22-8-13)23-5-3-17(11-23)12(6-20-15(17)24)10-25-14-2-1-4-19-9-14;3-2(4,5)1(6)7/h1-2,4,7-9,12H,3,5-6,10-11H2,(H,20,24);(H,6,7)/t12-,17+;/m0./s1. The van der Waals surface area contributed by atoms with Crippen molar-refractivity contribution < 1.29 is 37.0 Å². The molecule has 0 saturated carbocycles. The highest BCUT2D eigenvalue weighted by Gasteiger charge is 2.54. The SMILES string of the molecule is O=C(O)C(F)(F)F.O=C1NC[C@@H](COc2cccnc2)[C@]12CCN(c1ncc(F)cn1)C2. The molecule has 13 heteroatoms. The zero-order valence-electron chi connectivity index (χ0n) is 16.5. The Labute approximate surface area is 179 Å². The summed E-state index contributed by atoms with van der Waals surface area (Å²) in [5.41, 5.74) is -0.528. The number of alkyl halides is 3. The summed E-state index contributed by atoms with van der Waals surface area (Å²) in [5, 5.41) is 10.1. The lowest BCUT2D eigenvalue weighted by molar-refractivity contribution is -0.192. The molecule has 2 aromatic heterocycles. The van der Waals surface area contributed by atoms with Crippen molar-refractivity contribution >= 4 is 17.8 Å². The van der Waals surface area contributed by atoms with Gasteiger partial charge in [0, 0.05) is 31.7 Å². The molecule has 0 aromatic carbocycles. The summed E-state index contributed by atoms with van der Waals surface area (Å²) in [5.74, 6) is -2.01. The number of nitrogens with one attached hydrogen (secondary N) is 1. The Balaban J connectivity index is 0.000000360. The molecule has 1 spiro atoms. The summed E-state index contributed by atoms with van der Waals surface area (Å²) in [6, 6.07) is 3.66. The van der Waals surface area contributed by atoms with Crippen molar-refractivity contribution in [2.45, 2.75) is 12.6 Å². The topological polar surface area (TPSA) is 118 Å². The van der Waals surface area contributed by atoms with Gasteiger partial charge in [0.1, 0.15) is 5.75 Å². The van der Waals surface area contributed by atoms with Crippen molar-refractivity contribution in [1.29, 1.82) is 0 Å². The number of carbonyl (C=O) groups is 2. The molecule has 2 aromatic rings. The normalized spacial score (nSPS) is 22.3. The molecule has 2 saturated heterocycles. The summed E-state index contributed by atoms with van der Waals surface area (Å²) in [6.45, 7) is 2.17. The number of halogens is 4. The Morgan fingerprint density at radius 2 is 2.00 bits per heavy atom. The number of carboxylic acid groups (broad SMARTS) is 1. The lowest BCUT2D eigenvalue weighted by atomic mass is 9.77. The molecule has 0 aliphatic carbocycles. The quantitative estimate of drug-likeness (QED) is 0.666. The Hall–Kier alpha value is -3.51. The number of carbonyl (C=O) groups excluding carboxylic acids is 1. The Bertz CT molecular complexity index is 945. The summed E-state index contributed by atoms with van der Waals surface area (Å²) in [7, 11) is 0. The van der Waals surface area contributed by atoms with Gasteiger partial charge in [-0.25, -0.2) is 19.2 Å². The van der Waals surface area contributed by atoms with Crippen molar-refractivity contribution in [2.24, 2.45) is 11.3 Å². The van der Waals surface area contributed by atoms with Crippen molar-refractivity contribution in [2.75, 3.05) is 31.1 Å². The highest BCUT2D eigenvalue weighted by atomic mass is 19.4. The summed E-state index contributed by atoms with van der Waals surface area (Å²) < 4.78 is 50.6. The zero-order valence-corrected chi connectivity index (χ0v) is 16.5. The number of aliphatic carboxylic acids is 1. The van der Waals surface area contributed by atoms with Crippen LogP contribution in [-0.2, 0) is 9.59 Å². The van der Waals surface area contributed by atoms with Crippen molar-refractivity contribution in [1.82, 2.24) is 20.3 Å². The predicted octanol–water partition coefficient (Wildman–Crippen LogP) is 1.67. The summed E-state index contributed by atoms with van der Waals surface area (Å²) in [4.78, 5) is 35.5. The molecule has 2 aliphatic rings. The molecule has 2 fully saturated rings. The first-order chi connectivity index (χ1) is 15.1. The first kappa shape index (κ1) is 23.2. The lowest BCUT2D eigenvalue weighted by Crippen LogP contribution is -2.40. The molecule has 0 unspecified atom stereocenters. The van der Waals surface area contributed by atoms with Gasteiger partial charge in [-0.05, 0) is 18.6 Å². The largest absolute Gasteiger partial charge is 0.492 e. The van der Waals surface area contributed by atoms with Crippen LogP contribution >= 0.6 is 0 Å². The molecule has 0 bridgehead atoms. The van der Waals surface area contributed by atoms with Gasteiger partial charge < -0.3 is 20.1 Å². The number of hydrogen-bond donors (Lipinski definition) is 2. The minimum Gasteiger partial charge on any atom is -0.492 e. The van der Waals surface area contributed by atoms with Crippen LogP contribution in [0.3, 0.4) is 0 Å². The highest BCUT2D eigenvalue weighted by Crippen LogP contribution is 2.42. The number of carboxylic acids is 1. The number of hydrogen-bond acceptors (Lipinski definition) is 7. The zero-order chi connectivity index (χ0) is 23.4. The molecular weight excluding hydrogens is 438 g/mol. The maximum atomic E-state index is 13.0. The average molecular weight is 457 g/mol. The molecule has 32 heavy (non-hydrogen) atoms. The van der Waals surface area contributed by atoms with Gasteiger partial charge in [0.05, 0.1) is 30.6 Å². The third kappa shape index (κ3) is 5.21. The van der Waals surface area contributed by atoms with Crippen molar-refractivity contribution in [3.8, 4) is 5.75 Å². The van der Waals surface area contributed by atoms with E-state index in [1.54, 1.807) is 12.4 Å². The Kier molecular flexibility index (Phi) is 6.75. The molecule has 0 radical (unpaired) electrons. The van der Waals surface area contributed by atoms with Crippen LogP contribution in [0.5, 0.6) is 5.75 Å². The van der Waals surface area contributed by atoms with Gasteiger partial charge in [0.15, 0.2) is 5.82 Å². The Morgan fingerprint density at radius 3 is 2.59 bits per heavy atom. The number of anilines is 1. The van der Waals surface area contributed by atoms with E-state index in [-0.39, 0.29) is 11.8 Å². The number of rotatable bonds is 4. The molecular formula is C19H19F4N5O4. The molecule has 2 aliphatic heterocycles. The minimum absolute atomic E-state index is 0.0388. The minimum atomic E-state index is -5.08. The average Bonchev–Trinajstić information content (AvgIpc) is 3.33. The lowest BCUT2D eigenvalue weighted by Gasteiger charge is -2.28. The van der Waals surface area contributed by atoms with Gasteiger partial charge >= 0.3 is 12.1 Å². The first-order valence-corrected chi connectivity index (χ1v) is 9.45. The first-order valence-electron chi connectivity index (χ1n) is 9.45. The van der Waals surface area contributed by atoms with Gasteiger partial charge in [-0.3, -0.25) is 9.78 Å². The van der Waals surface area contributed by atoms with E-state index >= 15 is 0 Å². The second-order valence-corrected chi connectivity index (χ2v) is 7.24. The second-order valence-electron chi connectivity index (χ2n) is 7.24. The van der Waals surface area contributed by atoms with E-state index in [0.717, 1.165) is 12.4 Å². The van der Waals surface area contributed by atoms with Crippen molar-refractivity contribution in [3.05, 3.63) is 42.7 Å². The monoisotopic (exact) mass is 457 g/mol. The van der Waals surface area contributed by atoms with Crippen LogP contribution in [-0.4, -0.2) is 64.4 Å². The van der Waals surface area contributed by atoms with Gasteiger partial charge in [0.25, 0.3) is 0 Å². The molecule has 172 valence electrons. The van der Waals surface area contributed by atoms with Crippen molar-refractivity contribution in [3.63, 3.8) is 0 Å². The van der Waals surface area contributed by atoms with Gasteiger partial charge in [-0.1, -0.05) is 0 Å². The molecule has 2 atom stereocenters. The Morgan fingerprint density at radius 1 is 1.31 bits per heavy atom. The molecule has 1 amide bonds. The van der Waals surface area contributed by atoms with Crippen LogP contribution in [0, 0.1) is 17.2 Å². The highest BCUT2D eigenvalue weighted by molar-refractivity contribution is 5.86. The number of nitrogens with zero attached hydrogens (tertiary/aromatic N) is 4. The van der Waals surface area contributed by atoms with Crippen LogP contribution < -0.4 is 15.0 Å². The molecule has 4 heterocycles. The van der Waals surface area contributed by atoms with E-state index in [4.69, 9.17) is 14.6 Å². The summed E-state index contributed by atoms with van der Waals surface area (Å²) in [6.07, 6.45) is 1.24. The van der Waals surface area contributed by atoms with E-state index in [0.29, 0.717) is 44.4 Å². The molecule has 2 N–H and O–H groups in total. The van der Waals surface area contributed by atoms with E-state index in [1.807, 2.05) is 17.0 Å². The second kappa shape index (κ2) is 9.32. The van der Waals surface area contributed by atoms with Crippen LogP contribution in [0.15, 0.2) is 36.9 Å². The third-order valence-corrected chi connectivity index (χ3v) is 5.26. The van der Waals surface area contributed by atoms with E-state index in [2.05, 4.69) is 20.3 Å². The molecule has 9 nitrogen and oxygen atoms in total. The fourth-order valence-electron chi connectivity index (χ4n) is 3.61. The maximum Gasteiger partial charge on any atom is 0.490 e. The number of ether oxygens (including phenoxy) is 1. The van der Waals surface area contributed by atoms with E-state index in [9.17, 15) is 22.4 Å². The van der Waals surface area contributed by atoms with Gasteiger partial charge in [-0.15, -0.1) is 0 Å². The van der Waals surface area contributed by atoms with Crippen LogP contribution in [0.2, 0.25) is 0 Å². The fraction of sp³-hybridized carbons (Fsp3) is 0.421. The number of aromatic nitrogens is 3. The van der Waals surface area contributed by atoms with Crippen LogP contribution in [0.25, 0.3) is 0 Å².